The number of benzene rings is 2. The predicted molar refractivity (Wildman–Crippen MR) is 180 cm³/mol. The molecule has 3 aromatic heterocycles. The number of hydrogen-bond acceptors (Lipinski definition) is 7. The standard InChI is InChI=1S/C36H36F3N7O3S/c1-23-9-11-29(12-10-23)50(48,49)46-28(20-44-13-5-6-24(2)19-44)15-30-31(36(37,38)39)21-45(33(47)32(30)46)27-8-4-7-26(14-27)35(16-25(17-35)18-40)34-42-41-22-43(34)3/h4,7-12,14-15,21-22,24-25H,5-6,13,16-17,19-20H2,1-3H3/t24-,25?,35?/m0/s1. The first kappa shape index (κ1) is 33.7. The number of aromatic nitrogens is 5. The Labute approximate surface area is 287 Å². The van der Waals surface area contributed by atoms with E-state index in [2.05, 4.69) is 23.2 Å². The first-order chi connectivity index (χ1) is 23.7. The molecule has 0 N–H and O–H groups in total. The third-order valence-corrected chi connectivity index (χ3v) is 11.9. The molecule has 0 bridgehead atoms. The molecule has 0 amide bonds. The maximum atomic E-state index is 15.0. The molecular weight excluding hydrogens is 668 g/mol. The maximum Gasteiger partial charge on any atom is 0.418 e. The minimum atomic E-state index is -4.92. The highest BCUT2D eigenvalue weighted by Gasteiger charge is 2.50. The lowest BCUT2D eigenvalue weighted by Crippen LogP contribution is -2.43. The molecule has 2 fully saturated rings. The molecule has 0 radical (unpaired) electrons. The molecule has 5 aromatic rings. The summed E-state index contributed by atoms with van der Waals surface area (Å²) in [4.78, 5) is 16.5. The van der Waals surface area contributed by atoms with E-state index in [4.69, 9.17) is 0 Å². The molecule has 2 aliphatic rings. The molecule has 1 aliphatic carbocycles. The molecule has 1 saturated carbocycles. The van der Waals surface area contributed by atoms with E-state index < -0.39 is 43.6 Å². The third kappa shape index (κ3) is 5.62. The summed E-state index contributed by atoms with van der Waals surface area (Å²) < 4.78 is 77.2. The number of likely N-dealkylation sites (tertiary alicyclic amines) is 1. The number of rotatable bonds is 7. The summed E-state index contributed by atoms with van der Waals surface area (Å²) in [6.07, 6.45) is 0.0729. The molecule has 260 valence electrons. The van der Waals surface area contributed by atoms with Gasteiger partial charge in [0.15, 0.2) is 0 Å². The number of halogens is 3. The lowest BCUT2D eigenvalue weighted by Gasteiger charge is -2.44. The van der Waals surface area contributed by atoms with Gasteiger partial charge in [0.05, 0.1) is 21.9 Å². The van der Waals surface area contributed by atoms with Crippen LogP contribution in [-0.2, 0) is 35.2 Å². The van der Waals surface area contributed by atoms with Crippen LogP contribution in [0.1, 0.15) is 60.8 Å². The minimum absolute atomic E-state index is 0.0522. The van der Waals surface area contributed by atoms with Crippen LogP contribution < -0.4 is 5.56 Å². The van der Waals surface area contributed by atoms with Crippen LogP contribution in [0.4, 0.5) is 13.2 Å². The molecule has 0 unspecified atom stereocenters. The summed E-state index contributed by atoms with van der Waals surface area (Å²) in [7, 11) is -2.75. The molecule has 4 heterocycles. The van der Waals surface area contributed by atoms with Crippen molar-refractivity contribution in [3.8, 4) is 11.8 Å². The van der Waals surface area contributed by atoms with Gasteiger partial charge in [-0.2, -0.15) is 18.4 Å². The van der Waals surface area contributed by atoms with Crippen LogP contribution in [0.15, 0.2) is 76.8 Å². The first-order valence-electron chi connectivity index (χ1n) is 16.5. The molecule has 1 saturated heterocycles. The van der Waals surface area contributed by atoms with Crippen molar-refractivity contribution in [2.45, 2.75) is 62.6 Å². The summed E-state index contributed by atoms with van der Waals surface area (Å²) in [5, 5.41) is 17.5. The highest BCUT2D eigenvalue weighted by atomic mass is 32.2. The highest BCUT2D eigenvalue weighted by Crippen LogP contribution is 2.51. The van der Waals surface area contributed by atoms with E-state index >= 15 is 0 Å². The number of aryl methyl sites for hydroxylation is 2. The van der Waals surface area contributed by atoms with Crippen molar-refractivity contribution in [3.63, 3.8) is 0 Å². The summed E-state index contributed by atoms with van der Waals surface area (Å²) in [5.74, 6) is 0.659. The number of alkyl halides is 3. The summed E-state index contributed by atoms with van der Waals surface area (Å²) in [6.45, 7) is 5.23. The average Bonchev–Trinajstić information content (AvgIpc) is 3.65. The lowest BCUT2D eigenvalue weighted by molar-refractivity contribution is -0.136. The van der Waals surface area contributed by atoms with Crippen molar-refractivity contribution in [3.05, 3.63) is 106 Å². The summed E-state index contributed by atoms with van der Waals surface area (Å²) in [6, 6.07) is 16.1. The largest absolute Gasteiger partial charge is 0.418 e. The van der Waals surface area contributed by atoms with Crippen molar-refractivity contribution in [1.82, 2.24) is 28.2 Å². The van der Waals surface area contributed by atoms with Crippen LogP contribution in [0.2, 0.25) is 0 Å². The van der Waals surface area contributed by atoms with Crippen LogP contribution in [0.5, 0.6) is 0 Å². The Hall–Kier alpha value is -4.74. The minimum Gasteiger partial charge on any atom is -0.320 e. The normalized spacial score (nSPS) is 21.6. The van der Waals surface area contributed by atoms with Gasteiger partial charge in [-0.05, 0) is 81.0 Å². The van der Waals surface area contributed by atoms with E-state index in [1.54, 1.807) is 55.2 Å². The van der Waals surface area contributed by atoms with Crippen LogP contribution in [0.3, 0.4) is 0 Å². The summed E-state index contributed by atoms with van der Waals surface area (Å²) in [5.41, 5.74) is -1.69. The Morgan fingerprint density at radius 1 is 1.10 bits per heavy atom. The van der Waals surface area contributed by atoms with Crippen molar-refractivity contribution in [2.75, 3.05) is 13.1 Å². The highest BCUT2D eigenvalue weighted by molar-refractivity contribution is 7.90. The zero-order chi connectivity index (χ0) is 35.6. The van der Waals surface area contributed by atoms with Crippen LogP contribution in [-0.4, -0.2) is 49.7 Å². The number of piperidine rings is 1. The van der Waals surface area contributed by atoms with Gasteiger partial charge in [0, 0.05) is 49.0 Å². The molecule has 14 heteroatoms. The zero-order valence-corrected chi connectivity index (χ0v) is 28.7. The van der Waals surface area contributed by atoms with Crippen LogP contribution >= 0.6 is 0 Å². The van der Waals surface area contributed by atoms with Gasteiger partial charge >= 0.3 is 6.18 Å². The maximum absolute atomic E-state index is 15.0. The second-order valence-corrected chi connectivity index (χ2v) is 15.6. The van der Waals surface area contributed by atoms with Gasteiger partial charge < -0.3 is 4.57 Å². The second-order valence-electron chi connectivity index (χ2n) is 13.8. The Morgan fingerprint density at radius 2 is 1.84 bits per heavy atom. The molecule has 0 spiro atoms. The summed E-state index contributed by atoms with van der Waals surface area (Å²) >= 11 is 0. The molecule has 1 aliphatic heterocycles. The van der Waals surface area contributed by atoms with Gasteiger partial charge in [-0.15, -0.1) is 10.2 Å². The smallest absolute Gasteiger partial charge is 0.320 e. The second kappa shape index (κ2) is 12.2. The molecule has 7 rings (SSSR count). The number of hydrogen-bond donors (Lipinski definition) is 0. The SMILES string of the molecule is Cc1ccc(S(=O)(=O)n2c(CN3CCC[C@H](C)C3)cc3c(C(F)(F)F)cn(-c4cccc(C5(c6nncn6C)CC(C#N)C5)c4)c(=O)c32)cc1. The topological polar surface area (TPSA) is 119 Å². The van der Waals surface area contributed by atoms with Gasteiger partial charge in [-0.3, -0.25) is 14.3 Å². The molecular formula is C36H36F3N7O3S. The van der Waals surface area contributed by atoms with E-state index in [0.29, 0.717) is 43.2 Å². The van der Waals surface area contributed by atoms with Gasteiger partial charge in [-0.25, -0.2) is 12.4 Å². The van der Waals surface area contributed by atoms with E-state index in [-0.39, 0.29) is 28.7 Å². The molecule has 10 nitrogen and oxygen atoms in total. The van der Waals surface area contributed by atoms with Gasteiger partial charge in [0.25, 0.3) is 15.6 Å². The molecule has 2 aromatic carbocycles. The van der Waals surface area contributed by atoms with Gasteiger partial charge in [0.2, 0.25) is 0 Å². The van der Waals surface area contributed by atoms with Crippen LogP contribution in [0, 0.1) is 30.1 Å². The molecule has 1 atom stereocenters. The van der Waals surface area contributed by atoms with Gasteiger partial charge in [-0.1, -0.05) is 36.8 Å². The van der Waals surface area contributed by atoms with E-state index in [9.17, 15) is 31.6 Å². The van der Waals surface area contributed by atoms with E-state index in [1.807, 2.05) is 4.90 Å². The van der Waals surface area contributed by atoms with E-state index in [0.717, 1.165) is 33.1 Å². The fourth-order valence-corrected chi connectivity index (χ4v) is 9.22. The van der Waals surface area contributed by atoms with E-state index in [1.165, 1.54) is 24.3 Å². The average molecular weight is 704 g/mol. The van der Waals surface area contributed by atoms with Crippen molar-refractivity contribution >= 4 is 20.9 Å². The van der Waals surface area contributed by atoms with Crippen molar-refractivity contribution < 1.29 is 21.6 Å². The third-order valence-electron chi connectivity index (χ3n) is 10.2. The Bertz CT molecular complexity index is 2310. The van der Waals surface area contributed by atoms with Crippen LogP contribution in [0.25, 0.3) is 16.6 Å². The Morgan fingerprint density at radius 3 is 2.48 bits per heavy atom. The number of nitrogens with zero attached hydrogens (tertiary/aromatic N) is 7. The monoisotopic (exact) mass is 703 g/mol. The number of nitriles is 1. The van der Waals surface area contributed by atoms with Crippen molar-refractivity contribution in [1.29, 1.82) is 5.26 Å². The van der Waals surface area contributed by atoms with Crippen molar-refractivity contribution in [2.24, 2.45) is 18.9 Å². The fourth-order valence-electron chi connectivity index (χ4n) is 7.69. The Kier molecular flexibility index (Phi) is 8.26. The fraction of sp³-hybridized carbons (Fsp3) is 0.389. The lowest BCUT2D eigenvalue weighted by atomic mass is 9.58. The quantitative estimate of drug-likeness (QED) is 0.206. The number of fused-ring (bicyclic) bond motifs is 1. The molecule has 50 heavy (non-hydrogen) atoms. The van der Waals surface area contributed by atoms with Gasteiger partial charge in [0.1, 0.15) is 17.7 Å². The zero-order valence-electron chi connectivity index (χ0n) is 27.9. The Balaban J connectivity index is 1.48. The first-order valence-corrected chi connectivity index (χ1v) is 17.9. The number of pyridine rings is 1. The predicted octanol–water partition coefficient (Wildman–Crippen LogP) is 5.94.